The molecule has 0 amide bonds. The van der Waals surface area contributed by atoms with Crippen molar-refractivity contribution in [1.29, 1.82) is 0 Å². The van der Waals surface area contributed by atoms with E-state index in [1.54, 1.807) is 19.2 Å². The number of carbonyl (C=O) groups excluding carboxylic acids is 1. The molecule has 0 saturated carbocycles. The third-order valence-corrected chi connectivity index (χ3v) is 10.8. The molecule has 0 radical (unpaired) electrons. The van der Waals surface area contributed by atoms with Gasteiger partial charge in [-0.15, -0.1) is 11.8 Å². The Hall–Kier alpha value is -6.73. The second kappa shape index (κ2) is 26.6. The summed E-state index contributed by atoms with van der Waals surface area (Å²) in [6, 6.07) is -0.0583. The Balaban J connectivity index is 0.000000251. The number of aliphatic hydroxyl groups is 2. The minimum Gasteiger partial charge on any atom is -0.481 e. The summed E-state index contributed by atoms with van der Waals surface area (Å²) in [5, 5.41) is 46.3. The molecule has 1 unspecified atom stereocenters. The number of nitrogen functional groups attached to an aromatic ring is 1. The number of halogens is 1. The van der Waals surface area contributed by atoms with E-state index in [-0.39, 0.29) is 81.4 Å². The second-order valence-electron chi connectivity index (χ2n) is 14.7. The molecule has 3 saturated heterocycles. The number of nitrogens with two attached hydrogens (primary N) is 2. The smallest absolute Gasteiger partial charge is 0.351 e. The van der Waals surface area contributed by atoms with Gasteiger partial charge in [0.1, 0.15) is 54.9 Å². The van der Waals surface area contributed by atoms with Crippen LogP contribution in [0.25, 0.3) is 10.4 Å². The topological polar surface area (TPSA) is 452 Å². The zero-order chi connectivity index (χ0) is 50.8. The van der Waals surface area contributed by atoms with Crippen LogP contribution in [-0.2, 0) is 38.1 Å². The Bertz CT molecular complexity index is 2580. The molecular formula is C37H50FN11O18S. The number of azide groups is 1. The molecular weight excluding hydrogens is 938 g/mol. The first kappa shape index (κ1) is 55.6. The molecule has 29 nitrogen and oxygen atoms in total. The Morgan fingerprint density at radius 2 is 1.47 bits per heavy atom. The second-order valence-corrected chi connectivity index (χ2v) is 15.9. The molecule has 0 aromatic carbocycles. The fourth-order valence-electron chi connectivity index (χ4n) is 6.04. The number of carbonyl (C=O) groups is 4. The van der Waals surface area contributed by atoms with Crippen molar-refractivity contribution < 1.29 is 68.0 Å². The van der Waals surface area contributed by atoms with Gasteiger partial charge in [0.2, 0.25) is 0 Å². The Morgan fingerprint density at radius 1 is 0.897 bits per heavy atom. The number of hydrogen-bond acceptors (Lipinski definition) is 20. The predicted octanol–water partition coefficient (Wildman–Crippen LogP) is -1.65. The van der Waals surface area contributed by atoms with E-state index in [9.17, 15) is 47.5 Å². The van der Waals surface area contributed by atoms with Gasteiger partial charge < -0.3 is 55.9 Å². The number of aromatic amines is 2. The molecule has 3 aliphatic heterocycles. The number of carboxylic acid groups (broad SMARTS) is 3. The lowest BCUT2D eigenvalue weighted by molar-refractivity contribution is -0.152. The lowest BCUT2D eigenvalue weighted by Crippen LogP contribution is -2.33. The number of alkyl halides is 1. The van der Waals surface area contributed by atoms with Gasteiger partial charge in [-0.1, -0.05) is 5.11 Å². The lowest BCUT2D eigenvalue weighted by atomic mass is 10.1. The number of nitrogens with zero attached hydrogens (tertiary/aromatic N) is 7. The first-order valence-corrected chi connectivity index (χ1v) is 21.2. The number of ether oxygens (including phenoxy) is 4. The number of carboxylic acids is 3. The number of aryl methyl sites for hydroxylation is 2. The van der Waals surface area contributed by atoms with Gasteiger partial charge in [-0.05, 0) is 31.9 Å². The summed E-state index contributed by atoms with van der Waals surface area (Å²) in [5.41, 5.74) is 16.5. The average molecular weight is 988 g/mol. The number of thioether (sulfide) groups is 1. The zero-order valence-electron chi connectivity index (χ0n) is 36.2. The van der Waals surface area contributed by atoms with Crippen molar-refractivity contribution in [2.75, 3.05) is 31.3 Å². The van der Waals surface area contributed by atoms with Crippen LogP contribution in [0.5, 0.6) is 0 Å². The van der Waals surface area contributed by atoms with Gasteiger partial charge in [-0.2, -0.15) is 4.98 Å². The lowest BCUT2D eigenvalue weighted by Gasteiger charge is -2.16. The van der Waals surface area contributed by atoms with E-state index < -0.39 is 95.0 Å². The molecule has 0 aliphatic carbocycles. The number of rotatable bonds is 15. The van der Waals surface area contributed by atoms with E-state index in [1.165, 1.54) is 40.2 Å². The number of esters is 1. The highest BCUT2D eigenvalue weighted by atomic mass is 32.2. The summed E-state index contributed by atoms with van der Waals surface area (Å²) in [6.07, 6.45) is -1.73. The molecule has 0 spiro atoms. The van der Waals surface area contributed by atoms with Gasteiger partial charge in [-0.3, -0.25) is 52.4 Å². The molecule has 6 heterocycles. The van der Waals surface area contributed by atoms with E-state index in [0.29, 0.717) is 11.3 Å². The van der Waals surface area contributed by atoms with Gasteiger partial charge in [0.15, 0.2) is 0 Å². The third kappa shape index (κ3) is 16.9. The van der Waals surface area contributed by atoms with E-state index in [0.717, 1.165) is 4.57 Å². The Kier molecular flexibility index (Phi) is 21.7. The van der Waals surface area contributed by atoms with E-state index >= 15 is 0 Å². The quantitative estimate of drug-likeness (QED) is 0.0356. The highest BCUT2D eigenvalue weighted by Crippen LogP contribution is 2.32. The Labute approximate surface area is 385 Å². The molecule has 374 valence electrons. The summed E-state index contributed by atoms with van der Waals surface area (Å²) < 4.78 is 38.7. The van der Waals surface area contributed by atoms with Crippen LogP contribution in [-0.4, -0.2) is 140 Å². The molecule has 68 heavy (non-hydrogen) atoms. The first-order chi connectivity index (χ1) is 32.1. The van der Waals surface area contributed by atoms with Crippen LogP contribution in [0.15, 0.2) is 53.7 Å². The molecule has 3 aromatic rings. The number of nitrogens with one attached hydrogen (secondary N) is 2. The zero-order valence-corrected chi connectivity index (χ0v) is 37.0. The summed E-state index contributed by atoms with van der Waals surface area (Å²) in [4.78, 5) is 110. The first-order valence-electron chi connectivity index (χ1n) is 20.1. The summed E-state index contributed by atoms with van der Waals surface area (Å²) >= 11 is 1.47. The van der Waals surface area contributed by atoms with Crippen molar-refractivity contribution in [2.24, 2.45) is 10.8 Å². The van der Waals surface area contributed by atoms with E-state index in [2.05, 4.69) is 25.0 Å². The third-order valence-electron chi connectivity index (χ3n) is 9.64. The van der Waals surface area contributed by atoms with Crippen molar-refractivity contribution in [2.45, 2.75) is 107 Å². The molecule has 0 bridgehead atoms. The molecule has 9 atom stereocenters. The van der Waals surface area contributed by atoms with E-state index in [4.69, 9.17) is 61.5 Å². The van der Waals surface area contributed by atoms with Crippen molar-refractivity contribution >= 4 is 41.5 Å². The maximum absolute atomic E-state index is 14.0. The Morgan fingerprint density at radius 3 is 1.97 bits per heavy atom. The summed E-state index contributed by atoms with van der Waals surface area (Å²) in [6.45, 7) is 2.32. The molecule has 3 fully saturated rings. The fourth-order valence-corrected chi connectivity index (χ4v) is 6.97. The van der Waals surface area contributed by atoms with Gasteiger partial charge >= 0.3 is 40.9 Å². The molecule has 3 aromatic heterocycles. The highest BCUT2D eigenvalue weighted by molar-refractivity contribution is 8.00. The number of H-pyrrole nitrogens is 2. The number of aromatic nitrogens is 6. The van der Waals surface area contributed by atoms with Gasteiger partial charge in [0, 0.05) is 59.6 Å². The number of aliphatic hydroxyl groups excluding tert-OH is 2. The molecule has 11 N–H and O–H groups in total. The fraction of sp³-hybridized carbons (Fsp3) is 0.568. The van der Waals surface area contributed by atoms with Crippen LogP contribution in [0.4, 0.5) is 10.2 Å². The standard InChI is InChI=1S/C14H17FN2O7.C10H13N5O4.C8H11N3O3S.C5H9NO4/c1-7-5-17(14(22)16-13(7)21)10-4-8(15)9(24-10)6-23-12(20)3-2-11(18)19;1-5-3-15(10(18)12-9(5)17)8-2-6(13-14-11)7(4-16)19-8;9-5-1-2-11(8(13)10-5)6-4-15-7(3-12)14-6;6-3(5(9)10)1-2-4(7)8/h5,8-10H,2-4,6H2,1H3,(H,18,19)(H,16,21,22);3,6-8,16H,2,4H2,1H3,(H,12,17,18);1-2,6-7,12H,3-4H2,(H2,9,10,13);3H,1-2,6H2,(H,7,8)(H,9,10)/t8-,9+,10+;6-,7+,8+;6-,7+;/m000./s1. The van der Waals surface area contributed by atoms with Crippen molar-refractivity contribution in [1.82, 2.24) is 28.7 Å². The number of anilines is 1. The number of hydrogen-bond donors (Lipinski definition) is 9. The maximum Gasteiger partial charge on any atom is 0.351 e. The van der Waals surface area contributed by atoms with Crippen LogP contribution in [0, 0.1) is 13.8 Å². The van der Waals surface area contributed by atoms with Crippen LogP contribution in [0.2, 0.25) is 0 Å². The number of aliphatic carboxylic acids is 3. The van der Waals surface area contributed by atoms with Crippen molar-refractivity contribution in [3.63, 3.8) is 0 Å². The largest absolute Gasteiger partial charge is 0.481 e. The highest BCUT2D eigenvalue weighted by Gasteiger charge is 2.38. The molecule has 3 aliphatic rings. The SMILES string of the molecule is Cc1cn([C@H]2C[C@H](F)[C@@H](COC(=O)CCC(=O)O)O2)c(=O)[nH]c1=O.Cc1cn([C@H]2C[C@H](N=[N+]=[N-])[C@@H](CO)O2)c(=O)[nH]c1=O.NC(CCC(=O)O)C(=O)O.Nc1ccn([C@@H]2CS[C@H](CO)O2)c(=O)n1. The van der Waals surface area contributed by atoms with E-state index in [1.807, 2.05) is 0 Å². The normalized spacial score (nSPS) is 23.0. The van der Waals surface area contributed by atoms with Crippen LogP contribution >= 0.6 is 11.8 Å². The van der Waals surface area contributed by atoms with Gasteiger partial charge in [0.25, 0.3) is 11.1 Å². The minimum absolute atomic E-state index is 0.0231. The predicted molar refractivity (Wildman–Crippen MR) is 231 cm³/mol. The van der Waals surface area contributed by atoms with Gasteiger partial charge in [-0.25, -0.2) is 18.8 Å². The molecule has 31 heteroatoms. The summed E-state index contributed by atoms with van der Waals surface area (Å²) in [5.74, 6) is -3.29. The van der Waals surface area contributed by atoms with Crippen molar-refractivity contribution in [3.05, 3.63) is 98.4 Å². The maximum atomic E-state index is 14.0. The van der Waals surface area contributed by atoms with Crippen molar-refractivity contribution in [3.8, 4) is 0 Å². The summed E-state index contributed by atoms with van der Waals surface area (Å²) in [7, 11) is 0. The van der Waals surface area contributed by atoms with Crippen LogP contribution in [0.1, 0.15) is 68.3 Å². The van der Waals surface area contributed by atoms with Gasteiger partial charge in [0.05, 0.1) is 38.2 Å². The average Bonchev–Trinajstić information content (AvgIpc) is 4.03. The van der Waals surface area contributed by atoms with Crippen LogP contribution < -0.4 is 39.7 Å². The molecule has 6 rings (SSSR count). The monoisotopic (exact) mass is 987 g/mol. The minimum atomic E-state index is -1.47. The van der Waals surface area contributed by atoms with Crippen LogP contribution in [0.3, 0.4) is 0 Å².